The second kappa shape index (κ2) is 6.81. The van der Waals surface area contributed by atoms with Crippen LogP contribution in [0.2, 0.25) is 0 Å². The molecule has 1 fully saturated rings. The van der Waals surface area contributed by atoms with E-state index in [0.29, 0.717) is 0 Å². The molecule has 1 saturated carbocycles. The molecule has 0 N–H and O–H groups in total. The SMILES string of the molecule is CC(C)C(=O)/C=C/CCC1CCCCC1. The maximum Gasteiger partial charge on any atom is 0.157 e. The van der Waals surface area contributed by atoms with Gasteiger partial charge in [0.25, 0.3) is 0 Å². The number of allylic oxidation sites excluding steroid dienone is 2. The zero-order valence-corrected chi connectivity index (χ0v) is 10.2. The van der Waals surface area contributed by atoms with Gasteiger partial charge >= 0.3 is 0 Å². The third-order valence-electron chi connectivity index (χ3n) is 3.32. The van der Waals surface area contributed by atoms with Gasteiger partial charge in [-0.1, -0.05) is 52.0 Å². The molecule has 0 aromatic heterocycles. The Morgan fingerprint density at radius 2 is 1.93 bits per heavy atom. The van der Waals surface area contributed by atoms with Gasteiger partial charge in [-0.05, 0) is 24.8 Å². The monoisotopic (exact) mass is 208 g/mol. The molecule has 0 aliphatic heterocycles. The Hall–Kier alpha value is -0.590. The standard InChI is InChI=1S/C14H24O/c1-12(2)14(15)11-7-6-10-13-8-4-3-5-9-13/h7,11-13H,3-6,8-10H2,1-2H3/b11-7+. The summed E-state index contributed by atoms with van der Waals surface area (Å²) in [5, 5.41) is 0. The highest BCUT2D eigenvalue weighted by atomic mass is 16.1. The maximum absolute atomic E-state index is 11.3. The first kappa shape index (κ1) is 12.5. The van der Waals surface area contributed by atoms with Crippen molar-refractivity contribution in [2.75, 3.05) is 0 Å². The van der Waals surface area contributed by atoms with Crippen molar-refractivity contribution in [2.45, 2.75) is 58.8 Å². The molecule has 1 aliphatic rings. The van der Waals surface area contributed by atoms with Crippen molar-refractivity contribution in [3.05, 3.63) is 12.2 Å². The smallest absolute Gasteiger partial charge is 0.157 e. The molecule has 0 aromatic carbocycles. The summed E-state index contributed by atoms with van der Waals surface area (Å²) in [5.74, 6) is 1.34. The fourth-order valence-electron chi connectivity index (χ4n) is 2.20. The van der Waals surface area contributed by atoms with Crippen LogP contribution in [0.3, 0.4) is 0 Å². The van der Waals surface area contributed by atoms with Gasteiger partial charge in [0.15, 0.2) is 5.78 Å². The zero-order chi connectivity index (χ0) is 11.1. The van der Waals surface area contributed by atoms with E-state index in [9.17, 15) is 4.79 Å². The fourth-order valence-corrected chi connectivity index (χ4v) is 2.20. The highest BCUT2D eigenvalue weighted by Gasteiger charge is 2.11. The van der Waals surface area contributed by atoms with E-state index in [4.69, 9.17) is 0 Å². The maximum atomic E-state index is 11.3. The third-order valence-corrected chi connectivity index (χ3v) is 3.32. The van der Waals surface area contributed by atoms with Crippen LogP contribution in [0.4, 0.5) is 0 Å². The molecule has 0 radical (unpaired) electrons. The molecule has 15 heavy (non-hydrogen) atoms. The third kappa shape index (κ3) is 5.15. The van der Waals surface area contributed by atoms with Crippen molar-refractivity contribution < 1.29 is 4.79 Å². The van der Waals surface area contributed by atoms with Crippen molar-refractivity contribution in [3.8, 4) is 0 Å². The number of ketones is 1. The molecule has 0 aromatic rings. The lowest BCUT2D eigenvalue weighted by Crippen LogP contribution is -2.05. The van der Waals surface area contributed by atoms with Crippen molar-refractivity contribution in [1.29, 1.82) is 0 Å². The van der Waals surface area contributed by atoms with Gasteiger partial charge in [-0.3, -0.25) is 4.79 Å². The molecule has 86 valence electrons. The summed E-state index contributed by atoms with van der Waals surface area (Å²) in [4.78, 5) is 11.3. The minimum atomic E-state index is 0.149. The topological polar surface area (TPSA) is 17.1 Å². The van der Waals surface area contributed by atoms with Crippen LogP contribution < -0.4 is 0 Å². The van der Waals surface area contributed by atoms with Gasteiger partial charge in [0, 0.05) is 5.92 Å². The lowest BCUT2D eigenvalue weighted by Gasteiger charge is -2.20. The molecule has 1 heteroatoms. The Bertz CT molecular complexity index is 209. The minimum Gasteiger partial charge on any atom is -0.295 e. The average Bonchev–Trinajstić information content (AvgIpc) is 2.25. The Labute approximate surface area is 93.9 Å². The van der Waals surface area contributed by atoms with Gasteiger partial charge in [0.1, 0.15) is 0 Å². The number of carbonyl (C=O) groups excluding carboxylic acids is 1. The van der Waals surface area contributed by atoms with Crippen LogP contribution in [-0.4, -0.2) is 5.78 Å². The minimum absolute atomic E-state index is 0.149. The summed E-state index contributed by atoms with van der Waals surface area (Å²) < 4.78 is 0. The second-order valence-electron chi connectivity index (χ2n) is 5.04. The molecule has 1 aliphatic carbocycles. The van der Waals surface area contributed by atoms with Gasteiger partial charge in [-0.25, -0.2) is 0 Å². The van der Waals surface area contributed by atoms with E-state index < -0.39 is 0 Å². The molecule has 0 bridgehead atoms. The Kier molecular flexibility index (Phi) is 5.67. The molecule has 1 rings (SSSR count). The molecule has 0 atom stereocenters. The summed E-state index contributed by atoms with van der Waals surface area (Å²) in [6.45, 7) is 3.90. The molecule has 0 saturated heterocycles. The molecule has 0 spiro atoms. The molecule has 0 unspecified atom stereocenters. The van der Waals surface area contributed by atoms with Crippen LogP contribution in [0.1, 0.15) is 58.8 Å². The molecular weight excluding hydrogens is 184 g/mol. The number of carbonyl (C=O) groups is 1. The van der Waals surface area contributed by atoms with Gasteiger partial charge < -0.3 is 0 Å². The summed E-state index contributed by atoms with van der Waals surface area (Å²) in [6, 6.07) is 0. The lowest BCUT2D eigenvalue weighted by molar-refractivity contribution is -0.117. The van der Waals surface area contributed by atoms with E-state index in [-0.39, 0.29) is 11.7 Å². The lowest BCUT2D eigenvalue weighted by atomic mass is 9.86. The Morgan fingerprint density at radius 3 is 2.53 bits per heavy atom. The number of hydrogen-bond donors (Lipinski definition) is 0. The van der Waals surface area contributed by atoms with Crippen molar-refractivity contribution >= 4 is 5.78 Å². The van der Waals surface area contributed by atoms with Crippen LogP contribution in [0.5, 0.6) is 0 Å². The van der Waals surface area contributed by atoms with E-state index in [1.165, 1.54) is 38.5 Å². The van der Waals surface area contributed by atoms with E-state index in [1.807, 2.05) is 13.8 Å². The van der Waals surface area contributed by atoms with E-state index in [0.717, 1.165) is 12.3 Å². The van der Waals surface area contributed by atoms with E-state index >= 15 is 0 Å². The van der Waals surface area contributed by atoms with Gasteiger partial charge in [-0.15, -0.1) is 0 Å². The summed E-state index contributed by atoms with van der Waals surface area (Å²) >= 11 is 0. The van der Waals surface area contributed by atoms with Crippen LogP contribution in [0, 0.1) is 11.8 Å². The molecule has 1 nitrogen and oxygen atoms in total. The molecule has 0 amide bonds. The van der Waals surface area contributed by atoms with Crippen LogP contribution >= 0.6 is 0 Å². The largest absolute Gasteiger partial charge is 0.295 e. The Morgan fingerprint density at radius 1 is 1.27 bits per heavy atom. The second-order valence-corrected chi connectivity index (χ2v) is 5.04. The zero-order valence-electron chi connectivity index (χ0n) is 10.2. The van der Waals surface area contributed by atoms with E-state index in [1.54, 1.807) is 6.08 Å². The fraction of sp³-hybridized carbons (Fsp3) is 0.786. The highest BCUT2D eigenvalue weighted by molar-refractivity contribution is 5.91. The normalized spacial score (nSPS) is 18.9. The first-order valence-corrected chi connectivity index (χ1v) is 6.40. The van der Waals surface area contributed by atoms with Crippen LogP contribution in [0.15, 0.2) is 12.2 Å². The number of rotatable bonds is 5. The van der Waals surface area contributed by atoms with Crippen molar-refractivity contribution in [1.82, 2.24) is 0 Å². The van der Waals surface area contributed by atoms with Crippen LogP contribution in [0.25, 0.3) is 0 Å². The predicted octanol–water partition coefficient (Wildman–Crippen LogP) is 4.13. The first-order chi connectivity index (χ1) is 7.20. The quantitative estimate of drug-likeness (QED) is 0.621. The average molecular weight is 208 g/mol. The van der Waals surface area contributed by atoms with E-state index in [2.05, 4.69) is 6.08 Å². The summed E-state index contributed by atoms with van der Waals surface area (Å²) in [7, 11) is 0. The van der Waals surface area contributed by atoms with Gasteiger partial charge in [-0.2, -0.15) is 0 Å². The molecule has 0 heterocycles. The number of hydrogen-bond acceptors (Lipinski definition) is 1. The van der Waals surface area contributed by atoms with Gasteiger partial charge in [0.05, 0.1) is 0 Å². The highest BCUT2D eigenvalue weighted by Crippen LogP contribution is 2.27. The van der Waals surface area contributed by atoms with Gasteiger partial charge in [0.2, 0.25) is 0 Å². The predicted molar refractivity (Wildman–Crippen MR) is 64.8 cm³/mol. The van der Waals surface area contributed by atoms with Crippen molar-refractivity contribution in [2.24, 2.45) is 11.8 Å². The van der Waals surface area contributed by atoms with Crippen molar-refractivity contribution in [3.63, 3.8) is 0 Å². The Balaban J connectivity index is 2.12. The van der Waals surface area contributed by atoms with Crippen LogP contribution in [-0.2, 0) is 4.79 Å². The summed E-state index contributed by atoms with van der Waals surface area (Å²) in [6.07, 6.45) is 13.3. The summed E-state index contributed by atoms with van der Waals surface area (Å²) in [5.41, 5.74) is 0. The first-order valence-electron chi connectivity index (χ1n) is 6.40. The molecular formula is C14H24O.